The van der Waals surface area contributed by atoms with Gasteiger partial charge in [0.25, 0.3) is 0 Å². The molecule has 10 atom stereocenters. The summed E-state index contributed by atoms with van der Waals surface area (Å²) in [6.45, 7) is 16.3. The summed E-state index contributed by atoms with van der Waals surface area (Å²) in [5.74, 6) is 1.35. The molecule has 4 saturated carbocycles. The minimum Gasteiger partial charge on any atom is -0.393 e. The highest BCUT2D eigenvalue weighted by Gasteiger charge is 2.70. The molecule has 4 fully saturated rings. The molecule has 3 N–H and O–H groups in total. The first kappa shape index (κ1) is 26.9. The Balaban J connectivity index is 1.57. The molecule has 0 bridgehead atoms. The van der Waals surface area contributed by atoms with Crippen LogP contribution >= 0.6 is 0 Å². The van der Waals surface area contributed by atoms with Crippen LogP contribution in [-0.4, -0.2) is 46.3 Å². The predicted molar refractivity (Wildman–Crippen MR) is 137 cm³/mol. The molecule has 4 aliphatic rings. The number of aliphatic hydroxyl groups excluding tert-OH is 3. The molecular weight excluding hydrogens is 424 g/mol. The van der Waals surface area contributed by atoms with Gasteiger partial charge in [-0.05, 0) is 123 Å². The maximum Gasteiger partial charge on any atom is 0.0622 e. The molecule has 0 spiro atoms. The van der Waals surface area contributed by atoms with Crippen molar-refractivity contribution in [2.45, 2.75) is 137 Å². The quantitative estimate of drug-likeness (QED) is 0.440. The lowest BCUT2D eigenvalue weighted by Crippen LogP contribution is -2.66. The zero-order chi connectivity index (χ0) is 25.3. The van der Waals surface area contributed by atoms with Gasteiger partial charge in [0.1, 0.15) is 0 Å². The Labute approximate surface area is 209 Å². The van der Waals surface area contributed by atoms with Gasteiger partial charge >= 0.3 is 0 Å². The second-order valence-corrected chi connectivity index (χ2v) is 14.8. The summed E-state index contributed by atoms with van der Waals surface area (Å²) in [5, 5.41) is 33.9. The number of methoxy groups -OCH3 is 1. The molecule has 0 aromatic heterocycles. The fraction of sp³-hybridized carbons (Fsp3) is 1.00. The van der Waals surface area contributed by atoms with Crippen molar-refractivity contribution in [1.29, 1.82) is 0 Å². The second kappa shape index (κ2) is 8.71. The van der Waals surface area contributed by atoms with Gasteiger partial charge in [0, 0.05) is 7.11 Å². The van der Waals surface area contributed by atoms with Crippen molar-refractivity contribution < 1.29 is 20.1 Å². The standard InChI is InChI=1S/C30H54O4/c1-26(2,34-8)14-9-10-20(31)19-11-16-30(7)25(19)21(32)18-23-28(5)15-13-24(33)27(3,4)22(28)12-17-29(23,30)6/h19-25,31-33H,9-18H2,1-8H3/t19?,20-,21-,22?,23?,24+,25?,28+,29-,30-/m1/s1. The van der Waals surface area contributed by atoms with Crippen molar-refractivity contribution in [2.24, 2.45) is 45.3 Å². The van der Waals surface area contributed by atoms with Gasteiger partial charge in [-0.2, -0.15) is 0 Å². The zero-order valence-corrected chi connectivity index (χ0v) is 23.4. The Kier molecular flexibility index (Phi) is 6.89. The van der Waals surface area contributed by atoms with E-state index in [4.69, 9.17) is 4.74 Å². The topological polar surface area (TPSA) is 69.9 Å². The molecule has 0 aromatic rings. The van der Waals surface area contributed by atoms with E-state index in [0.717, 1.165) is 51.4 Å². The average molecular weight is 479 g/mol. The average Bonchev–Trinajstić information content (AvgIpc) is 3.13. The van der Waals surface area contributed by atoms with Crippen LogP contribution in [0.25, 0.3) is 0 Å². The summed E-state index contributed by atoms with van der Waals surface area (Å²) in [6.07, 6.45) is 9.08. The van der Waals surface area contributed by atoms with Gasteiger partial charge in [-0.3, -0.25) is 0 Å². The van der Waals surface area contributed by atoms with Crippen molar-refractivity contribution in [3.05, 3.63) is 0 Å². The van der Waals surface area contributed by atoms with Crippen LogP contribution in [0, 0.1) is 45.3 Å². The SMILES string of the molecule is COC(C)(C)CCC[C@@H](O)C1CC[C@]2(C)C1[C@H](O)CC1[C@@]3(C)CC[C@H](O)C(C)(C)C3CC[C@]12C. The minimum absolute atomic E-state index is 0.0565. The largest absolute Gasteiger partial charge is 0.393 e. The van der Waals surface area contributed by atoms with Crippen molar-refractivity contribution in [3.8, 4) is 0 Å². The maximum absolute atomic E-state index is 11.7. The van der Waals surface area contributed by atoms with Crippen molar-refractivity contribution in [2.75, 3.05) is 7.11 Å². The first-order valence-corrected chi connectivity index (χ1v) is 14.2. The molecule has 0 aromatic carbocycles. The summed E-state index contributed by atoms with van der Waals surface area (Å²) in [4.78, 5) is 0. The number of fused-ring (bicyclic) bond motifs is 5. The molecule has 4 rings (SSSR count). The first-order chi connectivity index (χ1) is 15.6. The number of aliphatic hydroxyl groups is 3. The van der Waals surface area contributed by atoms with E-state index in [2.05, 4.69) is 48.5 Å². The predicted octanol–water partition coefficient (Wildman–Crippen LogP) is 5.96. The monoisotopic (exact) mass is 478 g/mol. The van der Waals surface area contributed by atoms with Crippen LogP contribution in [0.4, 0.5) is 0 Å². The van der Waals surface area contributed by atoms with Crippen molar-refractivity contribution in [3.63, 3.8) is 0 Å². The van der Waals surface area contributed by atoms with Crippen LogP contribution in [0.2, 0.25) is 0 Å². The van der Waals surface area contributed by atoms with Gasteiger partial charge in [-0.15, -0.1) is 0 Å². The Morgan fingerprint density at radius 1 is 0.912 bits per heavy atom. The molecule has 34 heavy (non-hydrogen) atoms. The van der Waals surface area contributed by atoms with Crippen LogP contribution in [0.3, 0.4) is 0 Å². The third kappa shape index (κ3) is 3.84. The molecule has 4 unspecified atom stereocenters. The van der Waals surface area contributed by atoms with E-state index >= 15 is 0 Å². The van der Waals surface area contributed by atoms with E-state index in [1.807, 2.05) is 0 Å². The zero-order valence-electron chi connectivity index (χ0n) is 23.4. The van der Waals surface area contributed by atoms with E-state index < -0.39 is 0 Å². The highest BCUT2D eigenvalue weighted by Crippen LogP contribution is 2.75. The van der Waals surface area contributed by atoms with E-state index in [1.165, 1.54) is 12.8 Å². The van der Waals surface area contributed by atoms with Gasteiger partial charge in [0.2, 0.25) is 0 Å². The fourth-order valence-electron chi connectivity index (χ4n) is 10.3. The summed E-state index contributed by atoms with van der Waals surface area (Å²) < 4.78 is 5.57. The van der Waals surface area contributed by atoms with Crippen LogP contribution in [0.1, 0.15) is 113 Å². The molecule has 4 nitrogen and oxygen atoms in total. The van der Waals surface area contributed by atoms with E-state index in [-0.39, 0.29) is 57.4 Å². The summed E-state index contributed by atoms with van der Waals surface area (Å²) in [7, 11) is 1.76. The van der Waals surface area contributed by atoms with E-state index in [0.29, 0.717) is 11.8 Å². The van der Waals surface area contributed by atoms with Gasteiger partial charge in [-0.1, -0.05) is 34.6 Å². The minimum atomic E-state index is -0.343. The molecule has 0 radical (unpaired) electrons. The third-order valence-corrected chi connectivity index (χ3v) is 12.7. The maximum atomic E-state index is 11.7. The lowest BCUT2D eigenvalue weighted by atomic mass is 9.35. The second-order valence-electron chi connectivity index (χ2n) is 14.8. The fourth-order valence-corrected chi connectivity index (χ4v) is 10.3. The van der Waals surface area contributed by atoms with E-state index in [1.54, 1.807) is 7.11 Å². The highest BCUT2D eigenvalue weighted by atomic mass is 16.5. The summed E-state index contributed by atoms with van der Waals surface area (Å²) in [5.41, 5.74) is 0.174. The number of rotatable bonds is 6. The molecule has 0 saturated heterocycles. The van der Waals surface area contributed by atoms with Crippen LogP contribution in [0.15, 0.2) is 0 Å². The van der Waals surface area contributed by atoms with Gasteiger partial charge in [0.05, 0.1) is 23.9 Å². The Morgan fingerprint density at radius 2 is 1.56 bits per heavy atom. The van der Waals surface area contributed by atoms with Crippen molar-refractivity contribution in [1.82, 2.24) is 0 Å². The van der Waals surface area contributed by atoms with Crippen LogP contribution in [-0.2, 0) is 4.74 Å². The molecule has 0 aliphatic heterocycles. The number of hydrogen-bond acceptors (Lipinski definition) is 4. The Morgan fingerprint density at radius 3 is 2.21 bits per heavy atom. The number of hydrogen-bond donors (Lipinski definition) is 3. The lowest BCUT2D eigenvalue weighted by molar-refractivity contribution is -0.243. The molecule has 0 amide bonds. The van der Waals surface area contributed by atoms with Crippen LogP contribution < -0.4 is 0 Å². The molecule has 4 heteroatoms. The van der Waals surface area contributed by atoms with Gasteiger partial charge in [-0.25, -0.2) is 0 Å². The number of ether oxygens (including phenoxy) is 1. The van der Waals surface area contributed by atoms with E-state index in [9.17, 15) is 15.3 Å². The highest BCUT2D eigenvalue weighted by molar-refractivity contribution is 5.19. The lowest BCUT2D eigenvalue weighted by Gasteiger charge is -2.70. The van der Waals surface area contributed by atoms with Crippen LogP contribution in [0.5, 0.6) is 0 Å². The first-order valence-electron chi connectivity index (χ1n) is 14.2. The third-order valence-electron chi connectivity index (χ3n) is 12.7. The molecule has 198 valence electrons. The summed E-state index contributed by atoms with van der Waals surface area (Å²) in [6, 6.07) is 0. The molecule has 4 aliphatic carbocycles. The Hall–Kier alpha value is -0.160. The smallest absolute Gasteiger partial charge is 0.0622 e. The Bertz CT molecular complexity index is 748. The molecule has 0 heterocycles. The van der Waals surface area contributed by atoms with Crippen molar-refractivity contribution >= 4 is 0 Å². The summed E-state index contributed by atoms with van der Waals surface area (Å²) >= 11 is 0. The van der Waals surface area contributed by atoms with Gasteiger partial charge in [0.15, 0.2) is 0 Å². The normalized spacial score (nSPS) is 49.1. The van der Waals surface area contributed by atoms with Gasteiger partial charge < -0.3 is 20.1 Å². The molecular formula is C30H54O4.